The Morgan fingerprint density at radius 3 is 2.76 bits per heavy atom. The molecule has 3 nitrogen and oxygen atoms in total. The fourth-order valence-corrected chi connectivity index (χ4v) is 3.75. The van der Waals surface area contributed by atoms with Gasteiger partial charge < -0.3 is 10.0 Å². The largest absolute Gasteiger partial charge is 0.396 e. The second-order valence-corrected chi connectivity index (χ2v) is 6.35. The number of hydrogen-bond donors (Lipinski definition) is 1. The lowest BCUT2D eigenvalue weighted by Crippen LogP contribution is -2.44. The minimum atomic E-state index is 0.154. The van der Waals surface area contributed by atoms with E-state index in [0.29, 0.717) is 6.42 Å². The number of likely N-dealkylation sites (tertiary alicyclic amines) is 1. The standard InChI is InChI=1S/C18H25NO2/c20-12-10-17-7-3-4-11-19(17)18(21)16-9-8-14-5-1-2-6-15(14)13-16/h8-9,13,17,20H,1-7,10-12H2. The molecular formula is C18H25NO2. The van der Waals surface area contributed by atoms with Crippen molar-refractivity contribution in [2.24, 2.45) is 0 Å². The van der Waals surface area contributed by atoms with Crippen LogP contribution in [0.15, 0.2) is 18.2 Å². The predicted molar refractivity (Wildman–Crippen MR) is 83.5 cm³/mol. The van der Waals surface area contributed by atoms with Gasteiger partial charge in [0.05, 0.1) is 0 Å². The summed E-state index contributed by atoms with van der Waals surface area (Å²) in [6, 6.07) is 6.47. The van der Waals surface area contributed by atoms with Crippen molar-refractivity contribution in [1.29, 1.82) is 0 Å². The fraction of sp³-hybridized carbons (Fsp3) is 0.611. The molecule has 1 N–H and O–H groups in total. The van der Waals surface area contributed by atoms with Crippen LogP contribution in [0.5, 0.6) is 0 Å². The van der Waals surface area contributed by atoms with Crippen molar-refractivity contribution >= 4 is 5.91 Å². The molecule has 21 heavy (non-hydrogen) atoms. The lowest BCUT2D eigenvalue weighted by atomic mass is 9.90. The molecule has 1 saturated heterocycles. The number of aryl methyl sites for hydroxylation is 2. The van der Waals surface area contributed by atoms with E-state index in [-0.39, 0.29) is 18.6 Å². The number of aliphatic hydroxyl groups is 1. The SMILES string of the molecule is O=C(c1ccc2c(c1)CCCC2)N1CCCCC1CCO. The molecule has 2 aliphatic rings. The topological polar surface area (TPSA) is 40.5 Å². The van der Waals surface area contributed by atoms with Crippen LogP contribution in [0.1, 0.15) is 60.0 Å². The molecule has 1 amide bonds. The van der Waals surface area contributed by atoms with Crippen molar-refractivity contribution in [2.75, 3.05) is 13.2 Å². The first kappa shape index (κ1) is 14.6. The summed E-state index contributed by atoms with van der Waals surface area (Å²) in [6.45, 7) is 0.999. The molecule has 3 rings (SSSR count). The number of carbonyl (C=O) groups is 1. The van der Waals surface area contributed by atoms with Gasteiger partial charge in [0.25, 0.3) is 5.91 Å². The average Bonchev–Trinajstić information content (AvgIpc) is 2.54. The number of nitrogens with zero attached hydrogens (tertiary/aromatic N) is 1. The molecule has 0 aromatic heterocycles. The van der Waals surface area contributed by atoms with Crippen LogP contribution in [0.4, 0.5) is 0 Å². The van der Waals surface area contributed by atoms with Gasteiger partial charge in [-0.1, -0.05) is 6.07 Å². The van der Waals surface area contributed by atoms with E-state index < -0.39 is 0 Å². The van der Waals surface area contributed by atoms with Crippen LogP contribution < -0.4 is 0 Å². The van der Waals surface area contributed by atoms with E-state index in [1.807, 2.05) is 11.0 Å². The summed E-state index contributed by atoms with van der Waals surface area (Å²) in [5, 5.41) is 9.21. The molecule has 1 aliphatic carbocycles. The summed E-state index contributed by atoms with van der Waals surface area (Å²) in [4.78, 5) is 14.8. The Bertz CT molecular complexity index is 510. The summed E-state index contributed by atoms with van der Waals surface area (Å²) in [5.74, 6) is 0.154. The minimum Gasteiger partial charge on any atom is -0.396 e. The molecule has 0 spiro atoms. The number of piperidine rings is 1. The highest BCUT2D eigenvalue weighted by atomic mass is 16.3. The van der Waals surface area contributed by atoms with Crippen molar-refractivity contribution in [1.82, 2.24) is 4.90 Å². The van der Waals surface area contributed by atoms with Crippen LogP contribution in [0.3, 0.4) is 0 Å². The van der Waals surface area contributed by atoms with E-state index >= 15 is 0 Å². The molecule has 1 aromatic rings. The van der Waals surface area contributed by atoms with Crippen LogP contribution in [-0.2, 0) is 12.8 Å². The van der Waals surface area contributed by atoms with Gasteiger partial charge >= 0.3 is 0 Å². The summed E-state index contributed by atoms with van der Waals surface area (Å²) in [6.07, 6.45) is 8.74. The zero-order chi connectivity index (χ0) is 14.7. The molecule has 0 bridgehead atoms. The van der Waals surface area contributed by atoms with E-state index in [9.17, 15) is 9.90 Å². The molecule has 1 unspecified atom stereocenters. The first-order valence-corrected chi connectivity index (χ1v) is 8.33. The number of aliphatic hydroxyl groups excluding tert-OH is 1. The van der Waals surface area contributed by atoms with Crippen LogP contribution in [0.25, 0.3) is 0 Å². The van der Waals surface area contributed by atoms with Crippen molar-refractivity contribution in [3.8, 4) is 0 Å². The highest BCUT2D eigenvalue weighted by Gasteiger charge is 2.27. The Labute approximate surface area is 127 Å². The molecular weight excluding hydrogens is 262 g/mol. The highest BCUT2D eigenvalue weighted by molar-refractivity contribution is 5.94. The van der Waals surface area contributed by atoms with Crippen molar-refractivity contribution in [3.05, 3.63) is 34.9 Å². The molecule has 1 aromatic carbocycles. The smallest absolute Gasteiger partial charge is 0.254 e. The third-order valence-corrected chi connectivity index (χ3v) is 4.95. The molecule has 0 radical (unpaired) electrons. The van der Waals surface area contributed by atoms with Gasteiger partial charge in [-0.25, -0.2) is 0 Å². The summed E-state index contributed by atoms with van der Waals surface area (Å²) in [7, 11) is 0. The fourth-order valence-electron chi connectivity index (χ4n) is 3.75. The maximum absolute atomic E-state index is 12.8. The zero-order valence-corrected chi connectivity index (χ0v) is 12.7. The molecule has 3 heteroatoms. The maximum atomic E-state index is 12.8. The highest BCUT2D eigenvalue weighted by Crippen LogP contribution is 2.25. The van der Waals surface area contributed by atoms with Crippen LogP contribution in [-0.4, -0.2) is 35.1 Å². The van der Waals surface area contributed by atoms with E-state index in [2.05, 4.69) is 12.1 Å². The Balaban J connectivity index is 1.80. The van der Waals surface area contributed by atoms with Gasteiger partial charge in [0, 0.05) is 24.8 Å². The van der Waals surface area contributed by atoms with Crippen molar-refractivity contribution < 1.29 is 9.90 Å². The van der Waals surface area contributed by atoms with Crippen LogP contribution in [0, 0.1) is 0 Å². The molecule has 114 valence electrons. The third kappa shape index (κ3) is 3.13. The third-order valence-electron chi connectivity index (χ3n) is 4.95. The zero-order valence-electron chi connectivity index (χ0n) is 12.7. The molecule has 0 saturated carbocycles. The first-order valence-electron chi connectivity index (χ1n) is 8.33. The lowest BCUT2D eigenvalue weighted by molar-refractivity contribution is 0.0574. The van der Waals surface area contributed by atoms with Gasteiger partial charge in [-0.05, 0) is 74.6 Å². The van der Waals surface area contributed by atoms with Gasteiger partial charge in [0.15, 0.2) is 0 Å². The van der Waals surface area contributed by atoms with Gasteiger partial charge in [0.1, 0.15) is 0 Å². The molecule has 1 atom stereocenters. The number of carbonyl (C=O) groups excluding carboxylic acids is 1. The van der Waals surface area contributed by atoms with Gasteiger partial charge in [-0.15, -0.1) is 0 Å². The van der Waals surface area contributed by atoms with Crippen molar-refractivity contribution in [3.63, 3.8) is 0 Å². The summed E-state index contributed by atoms with van der Waals surface area (Å²) < 4.78 is 0. The predicted octanol–water partition coefficient (Wildman–Crippen LogP) is 2.94. The Morgan fingerprint density at radius 1 is 1.14 bits per heavy atom. The minimum absolute atomic E-state index is 0.154. The van der Waals surface area contributed by atoms with Crippen molar-refractivity contribution in [2.45, 2.75) is 57.4 Å². The molecule has 1 fully saturated rings. The van der Waals surface area contributed by atoms with Gasteiger partial charge in [-0.3, -0.25) is 4.79 Å². The number of rotatable bonds is 3. The van der Waals surface area contributed by atoms with E-state index in [0.717, 1.165) is 37.8 Å². The van der Waals surface area contributed by atoms with Gasteiger partial charge in [-0.2, -0.15) is 0 Å². The Morgan fingerprint density at radius 2 is 1.95 bits per heavy atom. The van der Waals surface area contributed by atoms with E-state index in [4.69, 9.17) is 0 Å². The summed E-state index contributed by atoms with van der Waals surface area (Å²) in [5.41, 5.74) is 3.62. The number of benzene rings is 1. The van der Waals surface area contributed by atoms with E-state index in [1.54, 1.807) is 0 Å². The Kier molecular flexibility index (Phi) is 4.59. The quantitative estimate of drug-likeness (QED) is 0.928. The van der Waals surface area contributed by atoms with Gasteiger partial charge in [0.2, 0.25) is 0 Å². The van der Waals surface area contributed by atoms with E-state index in [1.165, 1.54) is 30.4 Å². The van der Waals surface area contributed by atoms with Crippen LogP contribution in [0.2, 0.25) is 0 Å². The number of hydrogen-bond acceptors (Lipinski definition) is 2. The number of fused-ring (bicyclic) bond motifs is 1. The monoisotopic (exact) mass is 287 g/mol. The number of amides is 1. The summed E-state index contributed by atoms with van der Waals surface area (Å²) >= 11 is 0. The maximum Gasteiger partial charge on any atom is 0.254 e. The Hall–Kier alpha value is -1.35. The molecule has 1 heterocycles. The average molecular weight is 287 g/mol. The molecule has 1 aliphatic heterocycles. The normalized spacial score (nSPS) is 22.0. The second kappa shape index (κ2) is 6.61. The first-order chi connectivity index (χ1) is 10.3. The second-order valence-electron chi connectivity index (χ2n) is 6.35. The lowest BCUT2D eigenvalue weighted by Gasteiger charge is -2.35. The van der Waals surface area contributed by atoms with Crippen LogP contribution >= 0.6 is 0 Å².